The van der Waals surface area contributed by atoms with E-state index in [0.29, 0.717) is 11.4 Å². The van der Waals surface area contributed by atoms with Crippen molar-refractivity contribution in [1.29, 1.82) is 0 Å². The summed E-state index contributed by atoms with van der Waals surface area (Å²) in [5.74, 6) is -0.421. The van der Waals surface area contributed by atoms with Gasteiger partial charge in [-0.15, -0.1) is 0 Å². The van der Waals surface area contributed by atoms with Gasteiger partial charge in [0.15, 0.2) is 6.61 Å². The van der Waals surface area contributed by atoms with Crippen molar-refractivity contribution < 1.29 is 22.3 Å². The average molecular weight is 428 g/mol. The molecule has 0 atom stereocenters. The van der Waals surface area contributed by atoms with Crippen molar-refractivity contribution in [2.75, 3.05) is 16.6 Å². The van der Waals surface area contributed by atoms with Crippen molar-refractivity contribution in [3.8, 4) is 5.75 Å². The Morgan fingerprint density at radius 1 is 1.00 bits per heavy atom. The molecule has 0 spiro atoms. The smallest absolute Gasteiger partial charge is 0.262 e. The largest absolute Gasteiger partial charge is 0.483 e. The summed E-state index contributed by atoms with van der Waals surface area (Å²) in [4.78, 5) is 12.1. The number of carbonyl (C=O) groups excluding carboxylic acids is 1. The molecule has 0 unspecified atom stereocenters. The molecule has 6 nitrogen and oxygen atoms in total. The molecule has 3 aromatic carbocycles. The molecule has 3 rings (SSSR count). The molecule has 0 fully saturated rings. The van der Waals surface area contributed by atoms with Crippen molar-refractivity contribution in [2.45, 2.75) is 18.7 Å². The maximum atomic E-state index is 13.7. The third-order valence-electron chi connectivity index (χ3n) is 4.27. The number of rotatable bonds is 7. The van der Waals surface area contributed by atoms with E-state index in [1.807, 2.05) is 32.0 Å². The summed E-state index contributed by atoms with van der Waals surface area (Å²) in [7, 11) is -3.96. The zero-order valence-corrected chi connectivity index (χ0v) is 17.3. The normalized spacial score (nSPS) is 11.0. The van der Waals surface area contributed by atoms with Crippen LogP contribution in [0.3, 0.4) is 0 Å². The molecule has 0 bridgehead atoms. The Morgan fingerprint density at radius 2 is 1.70 bits per heavy atom. The van der Waals surface area contributed by atoms with E-state index in [1.165, 1.54) is 42.5 Å². The highest BCUT2D eigenvalue weighted by atomic mass is 32.2. The minimum Gasteiger partial charge on any atom is -0.483 e. The number of amides is 1. The number of para-hydroxylation sites is 1. The van der Waals surface area contributed by atoms with Gasteiger partial charge >= 0.3 is 0 Å². The molecule has 0 aliphatic heterocycles. The second-order valence-corrected chi connectivity index (χ2v) is 8.40. The number of hydrogen-bond donors (Lipinski definition) is 2. The molecule has 0 heterocycles. The number of anilines is 2. The number of sulfonamides is 1. The number of nitrogens with one attached hydrogen (secondary N) is 2. The number of aryl methyl sites for hydroxylation is 2. The van der Waals surface area contributed by atoms with Gasteiger partial charge < -0.3 is 10.1 Å². The fourth-order valence-corrected chi connectivity index (χ4v) is 3.74. The third kappa shape index (κ3) is 5.36. The lowest BCUT2D eigenvalue weighted by Crippen LogP contribution is -2.20. The summed E-state index contributed by atoms with van der Waals surface area (Å²) >= 11 is 0. The monoisotopic (exact) mass is 428 g/mol. The van der Waals surface area contributed by atoms with Gasteiger partial charge in [0.05, 0.1) is 10.6 Å². The Kier molecular flexibility index (Phi) is 6.37. The van der Waals surface area contributed by atoms with Gasteiger partial charge in [0, 0.05) is 5.69 Å². The van der Waals surface area contributed by atoms with Crippen molar-refractivity contribution in [2.24, 2.45) is 0 Å². The molecule has 3 aromatic rings. The molecular weight excluding hydrogens is 407 g/mol. The summed E-state index contributed by atoms with van der Waals surface area (Å²) in [5, 5.41) is 2.64. The van der Waals surface area contributed by atoms with Crippen LogP contribution in [0.15, 0.2) is 71.6 Å². The fraction of sp³-hybridized carbons (Fsp3) is 0.136. The second-order valence-electron chi connectivity index (χ2n) is 6.72. The number of benzene rings is 3. The lowest BCUT2D eigenvalue weighted by Gasteiger charge is -2.11. The van der Waals surface area contributed by atoms with Crippen LogP contribution in [0.2, 0.25) is 0 Å². The molecule has 1 amide bonds. The lowest BCUT2D eigenvalue weighted by molar-refractivity contribution is -0.118. The minimum absolute atomic E-state index is 0.0598. The van der Waals surface area contributed by atoms with Crippen LogP contribution in [0.25, 0.3) is 0 Å². The molecule has 0 aliphatic carbocycles. The van der Waals surface area contributed by atoms with E-state index in [-0.39, 0.29) is 23.1 Å². The molecule has 0 radical (unpaired) electrons. The van der Waals surface area contributed by atoms with E-state index < -0.39 is 15.8 Å². The van der Waals surface area contributed by atoms with Crippen molar-refractivity contribution >= 4 is 27.3 Å². The zero-order valence-electron chi connectivity index (χ0n) is 16.5. The van der Waals surface area contributed by atoms with Crippen molar-refractivity contribution in [3.05, 3.63) is 83.7 Å². The van der Waals surface area contributed by atoms with Gasteiger partial charge in [0.1, 0.15) is 11.6 Å². The summed E-state index contributed by atoms with van der Waals surface area (Å²) < 4.78 is 46.3. The van der Waals surface area contributed by atoms with Gasteiger partial charge in [-0.2, -0.15) is 0 Å². The van der Waals surface area contributed by atoms with Crippen LogP contribution in [0.4, 0.5) is 15.8 Å². The average Bonchev–Trinajstić information content (AvgIpc) is 2.71. The molecule has 156 valence electrons. The predicted octanol–water partition coefficient (Wildman–Crippen LogP) is 4.26. The van der Waals surface area contributed by atoms with E-state index in [2.05, 4.69) is 10.0 Å². The van der Waals surface area contributed by atoms with Crippen molar-refractivity contribution in [1.82, 2.24) is 0 Å². The molecule has 2 N–H and O–H groups in total. The molecule has 30 heavy (non-hydrogen) atoms. The van der Waals surface area contributed by atoms with Crippen LogP contribution in [0.5, 0.6) is 5.75 Å². The highest BCUT2D eigenvalue weighted by Gasteiger charge is 2.16. The van der Waals surface area contributed by atoms with Crippen LogP contribution in [-0.2, 0) is 14.8 Å². The van der Waals surface area contributed by atoms with Crippen molar-refractivity contribution in [3.63, 3.8) is 0 Å². The quantitative estimate of drug-likeness (QED) is 0.589. The molecule has 0 aromatic heterocycles. The summed E-state index contributed by atoms with van der Waals surface area (Å²) in [6.07, 6.45) is 0. The fourth-order valence-electron chi connectivity index (χ4n) is 2.67. The van der Waals surface area contributed by atoms with Crippen LogP contribution in [0.1, 0.15) is 11.1 Å². The Labute approximate surface area is 174 Å². The Bertz CT molecular complexity index is 1160. The number of ether oxygens (including phenoxy) is 1. The molecule has 0 aliphatic rings. The Morgan fingerprint density at radius 3 is 2.40 bits per heavy atom. The van der Waals surface area contributed by atoms with E-state index >= 15 is 0 Å². The first-order chi connectivity index (χ1) is 14.2. The Hall–Kier alpha value is -3.39. The highest BCUT2D eigenvalue weighted by Crippen LogP contribution is 2.21. The number of halogens is 1. The third-order valence-corrected chi connectivity index (χ3v) is 5.65. The first kappa shape index (κ1) is 21.3. The molecule has 0 saturated carbocycles. The predicted molar refractivity (Wildman–Crippen MR) is 114 cm³/mol. The van der Waals surface area contributed by atoms with Gasteiger partial charge in [-0.05, 0) is 67.4 Å². The standard InChI is InChI=1S/C22H21FN2O4S/c1-15-7-8-16(2)21(13-15)29-14-22(26)24-17-9-11-18(12-10-17)30(27,28)25-20-6-4-3-5-19(20)23/h3-13,25H,14H2,1-2H3,(H,24,26). The van der Waals surface area contributed by atoms with E-state index in [9.17, 15) is 17.6 Å². The van der Waals surface area contributed by atoms with Crippen LogP contribution in [-0.4, -0.2) is 20.9 Å². The first-order valence-corrected chi connectivity index (χ1v) is 10.6. The summed E-state index contributed by atoms with van der Waals surface area (Å²) in [6, 6.07) is 16.8. The van der Waals surface area contributed by atoms with E-state index in [1.54, 1.807) is 0 Å². The molecular formula is C22H21FN2O4S. The van der Waals surface area contributed by atoms with Gasteiger partial charge in [-0.25, -0.2) is 12.8 Å². The lowest BCUT2D eigenvalue weighted by atomic mass is 10.1. The van der Waals surface area contributed by atoms with Crippen LogP contribution in [0, 0.1) is 19.7 Å². The van der Waals surface area contributed by atoms with Gasteiger partial charge in [-0.3, -0.25) is 9.52 Å². The maximum absolute atomic E-state index is 13.7. The zero-order chi connectivity index (χ0) is 21.7. The van der Waals surface area contributed by atoms with Crippen LogP contribution >= 0.6 is 0 Å². The van der Waals surface area contributed by atoms with E-state index in [0.717, 1.165) is 17.2 Å². The first-order valence-electron chi connectivity index (χ1n) is 9.12. The summed E-state index contributed by atoms with van der Waals surface area (Å²) in [6.45, 7) is 3.64. The van der Waals surface area contributed by atoms with Gasteiger partial charge in [0.25, 0.3) is 15.9 Å². The number of hydrogen-bond acceptors (Lipinski definition) is 4. The topological polar surface area (TPSA) is 84.5 Å². The summed E-state index contributed by atoms with van der Waals surface area (Å²) in [5.41, 5.74) is 2.22. The molecule has 8 heteroatoms. The minimum atomic E-state index is -3.96. The maximum Gasteiger partial charge on any atom is 0.262 e. The van der Waals surface area contributed by atoms with Gasteiger partial charge in [-0.1, -0.05) is 24.3 Å². The molecule has 0 saturated heterocycles. The SMILES string of the molecule is Cc1ccc(C)c(OCC(=O)Nc2ccc(S(=O)(=O)Nc3ccccc3F)cc2)c1. The Balaban J connectivity index is 1.61. The number of carbonyl (C=O) groups is 1. The van der Waals surface area contributed by atoms with Gasteiger partial charge in [0.2, 0.25) is 0 Å². The van der Waals surface area contributed by atoms with E-state index in [4.69, 9.17) is 4.74 Å². The highest BCUT2D eigenvalue weighted by molar-refractivity contribution is 7.92. The van der Waals surface area contributed by atoms with Crippen LogP contribution < -0.4 is 14.8 Å². The second kappa shape index (κ2) is 8.96.